The van der Waals surface area contributed by atoms with E-state index in [4.69, 9.17) is 22.1 Å². The molecular formula is C10H10BrClF3NO. The summed E-state index contributed by atoms with van der Waals surface area (Å²) in [5, 5.41) is 0.116. The SMILES string of the molecule is NCCC(Oc1ccc(Br)cc1Cl)C(F)(F)F. The minimum atomic E-state index is -4.46. The van der Waals surface area contributed by atoms with Crippen LogP contribution in [0.4, 0.5) is 13.2 Å². The summed E-state index contributed by atoms with van der Waals surface area (Å²) < 4.78 is 43.2. The zero-order valence-electron chi connectivity index (χ0n) is 8.60. The summed E-state index contributed by atoms with van der Waals surface area (Å²) >= 11 is 8.92. The van der Waals surface area contributed by atoms with E-state index in [-0.39, 0.29) is 23.7 Å². The van der Waals surface area contributed by atoms with Crippen molar-refractivity contribution in [2.24, 2.45) is 5.73 Å². The van der Waals surface area contributed by atoms with Gasteiger partial charge in [0.15, 0.2) is 6.10 Å². The molecule has 2 nitrogen and oxygen atoms in total. The van der Waals surface area contributed by atoms with Crippen LogP contribution >= 0.6 is 27.5 Å². The average Bonchev–Trinajstić information content (AvgIpc) is 2.19. The quantitative estimate of drug-likeness (QED) is 0.911. The number of benzene rings is 1. The minimum absolute atomic E-state index is 0.00867. The smallest absolute Gasteiger partial charge is 0.425 e. The summed E-state index contributed by atoms with van der Waals surface area (Å²) in [6.07, 6.45) is -6.71. The maximum absolute atomic E-state index is 12.6. The highest BCUT2D eigenvalue weighted by atomic mass is 79.9. The Morgan fingerprint density at radius 2 is 2.06 bits per heavy atom. The van der Waals surface area contributed by atoms with Crippen LogP contribution in [-0.2, 0) is 0 Å². The molecule has 0 saturated carbocycles. The van der Waals surface area contributed by atoms with E-state index in [2.05, 4.69) is 15.9 Å². The molecule has 0 fully saturated rings. The van der Waals surface area contributed by atoms with Gasteiger partial charge in [0.2, 0.25) is 0 Å². The Balaban J connectivity index is 2.86. The van der Waals surface area contributed by atoms with Gasteiger partial charge >= 0.3 is 6.18 Å². The number of ether oxygens (including phenoxy) is 1. The highest BCUT2D eigenvalue weighted by Gasteiger charge is 2.41. The van der Waals surface area contributed by atoms with Crippen LogP contribution in [0.15, 0.2) is 22.7 Å². The van der Waals surface area contributed by atoms with Crippen molar-refractivity contribution in [2.75, 3.05) is 6.54 Å². The fraction of sp³-hybridized carbons (Fsp3) is 0.400. The van der Waals surface area contributed by atoms with Crippen LogP contribution < -0.4 is 10.5 Å². The number of nitrogens with two attached hydrogens (primary N) is 1. The van der Waals surface area contributed by atoms with Crippen molar-refractivity contribution in [3.63, 3.8) is 0 Å². The lowest BCUT2D eigenvalue weighted by atomic mass is 10.2. The molecule has 96 valence electrons. The summed E-state index contributed by atoms with van der Waals surface area (Å²) in [4.78, 5) is 0. The second kappa shape index (κ2) is 5.93. The van der Waals surface area contributed by atoms with Crippen LogP contribution in [0.3, 0.4) is 0 Å². The van der Waals surface area contributed by atoms with Crippen LogP contribution in [0.5, 0.6) is 5.75 Å². The maximum Gasteiger partial charge on any atom is 0.425 e. The number of hydrogen-bond donors (Lipinski definition) is 1. The van der Waals surface area contributed by atoms with E-state index >= 15 is 0 Å². The van der Waals surface area contributed by atoms with Gasteiger partial charge in [0.1, 0.15) is 5.75 Å². The molecule has 1 atom stereocenters. The predicted molar refractivity (Wildman–Crippen MR) is 63.3 cm³/mol. The van der Waals surface area contributed by atoms with E-state index in [0.29, 0.717) is 4.47 Å². The molecule has 0 aromatic heterocycles. The van der Waals surface area contributed by atoms with E-state index in [1.807, 2.05) is 0 Å². The summed E-state index contributed by atoms with van der Waals surface area (Å²) in [6, 6.07) is 4.39. The Kier molecular flexibility index (Phi) is 5.09. The Bertz CT molecular complexity index is 386. The molecule has 1 aromatic carbocycles. The fourth-order valence-electron chi connectivity index (χ4n) is 1.16. The first-order valence-electron chi connectivity index (χ1n) is 4.73. The Morgan fingerprint density at radius 1 is 1.41 bits per heavy atom. The summed E-state index contributed by atoms with van der Waals surface area (Å²) in [6.45, 7) is -0.113. The van der Waals surface area contributed by atoms with Crippen molar-refractivity contribution in [1.29, 1.82) is 0 Å². The van der Waals surface area contributed by atoms with Gasteiger partial charge in [-0.1, -0.05) is 27.5 Å². The average molecular weight is 333 g/mol. The summed E-state index contributed by atoms with van der Waals surface area (Å²) in [5.41, 5.74) is 5.12. The van der Waals surface area contributed by atoms with E-state index in [0.717, 1.165) is 0 Å². The normalized spacial score (nSPS) is 13.5. The van der Waals surface area contributed by atoms with Crippen LogP contribution in [0, 0.1) is 0 Å². The lowest BCUT2D eigenvalue weighted by molar-refractivity contribution is -0.196. The number of alkyl halides is 3. The molecule has 0 aliphatic rings. The molecule has 0 heterocycles. The molecule has 2 N–H and O–H groups in total. The highest BCUT2D eigenvalue weighted by Crippen LogP contribution is 2.32. The van der Waals surface area contributed by atoms with E-state index < -0.39 is 12.3 Å². The third-order valence-corrected chi connectivity index (χ3v) is 2.75. The Hall–Kier alpha value is -0.460. The molecule has 0 aliphatic carbocycles. The van der Waals surface area contributed by atoms with Gasteiger partial charge in [0.05, 0.1) is 5.02 Å². The van der Waals surface area contributed by atoms with Gasteiger partial charge < -0.3 is 10.5 Å². The molecule has 0 radical (unpaired) electrons. The third-order valence-electron chi connectivity index (χ3n) is 1.96. The lowest BCUT2D eigenvalue weighted by Gasteiger charge is -2.21. The standard InChI is InChI=1S/C10H10BrClF3NO/c11-6-1-2-8(7(12)5-6)17-9(3-4-16)10(13,14)15/h1-2,5,9H,3-4,16H2. The number of halogens is 5. The predicted octanol–water partition coefficient (Wildman–Crippen LogP) is 3.76. The first kappa shape index (κ1) is 14.6. The van der Waals surface area contributed by atoms with Crippen LogP contribution in [0.1, 0.15) is 6.42 Å². The van der Waals surface area contributed by atoms with Gasteiger partial charge in [-0.15, -0.1) is 0 Å². The largest absolute Gasteiger partial charge is 0.479 e. The second-order valence-corrected chi connectivity index (χ2v) is 4.62. The molecule has 0 aliphatic heterocycles. The van der Waals surface area contributed by atoms with Crippen molar-refractivity contribution in [2.45, 2.75) is 18.7 Å². The van der Waals surface area contributed by atoms with E-state index in [9.17, 15) is 13.2 Å². The Labute approximate surface area is 110 Å². The lowest BCUT2D eigenvalue weighted by Crippen LogP contribution is -2.36. The van der Waals surface area contributed by atoms with Gasteiger partial charge in [-0.3, -0.25) is 0 Å². The van der Waals surface area contributed by atoms with Gasteiger partial charge in [-0.25, -0.2) is 0 Å². The number of hydrogen-bond acceptors (Lipinski definition) is 2. The van der Waals surface area contributed by atoms with Gasteiger partial charge in [0.25, 0.3) is 0 Å². The van der Waals surface area contributed by atoms with Crippen LogP contribution in [-0.4, -0.2) is 18.8 Å². The Morgan fingerprint density at radius 3 is 2.53 bits per heavy atom. The molecular weight excluding hydrogens is 322 g/mol. The summed E-state index contributed by atoms with van der Waals surface area (Å²) in [7, 11) is 0. The van der Waals surface area contributed by atoms with Crippen molar-refractivity contribution in [1.82, 2.24) is 0 Å². The molecule has 0 saturated heterocycles. The van der Waals surface area contributed by atoms with Crippen LogP contribution in [0.2, 0.25) is 5.02 Å². The first-order chi connectivity index (χ1) is 7.84. The van der Waals surface area contributed by atoms with E-state index in [1.54, 1.807) is 6.07 Å². The number of rotatable bonds is 4. The second-order valence-electron chi connectivity index (χ2n) is 3.30. The van der Waals surface area contributed by atoms with Gasteiger partial charge in [0, 0.05) is 10.9 Å². The zero-order valence-corrected chi connectivity index (χ0v) is 10.9. The van der Waals surface area contributed by atoms with Crippen molar-refractivity contribution in [3.05, 3.63) is 27.7 Å². The molecule has 1 rings (SSSR count). The highest BCUT2D eigenvalue weighted by molar-refractivity contribution is 9.10. The fourth-order valence-corrected chi connectivity index (χ4v) is 1.88. The molecule has 7 heteroatoms. The molecule has 1 unspecified atom stereocenters. The third kappa shape index (κ3) is 4.37. The van der Waals surface area contributed by atoms with Crippen LogP contribution in [0.25, 0.3) is 0 Å². The first-order valence-corrected chi connectivity index (χ1v) is 5.90. The summed E-state index contributed by atoms with van der Waals surface area (Å²) in [5.74, 6) is -0.00867. The van der Waals surface area contributed by atoms with Gasteiger partial charge in [-0.2, -0.15) is 13.2 Å². The molecule has 0 spiro atoms. The van der Waals surface area contributed by atoms with E-state index in [1.165, 1.54) is 12.1 Å². The van der Waals surface area contributed by atoms with Crippen molar-refractivity contribution < 1.29 is 17.9 Å². The molecule has 17 heavy (non-hydrogen) atoms. The molecule has 0 amide bonds. The topological polar surface area (TPSA) is 35.2 Å². The minimum Gasteiger partial charge on any atom is -0.479 e. The van der Waals surface area contributed by atoms with Crippen molar-refractivity contribution in [3.8, 4) is 5.75 Å². The maximum atomic E-state index is 12.6. The van der Waals surface area contributed by atoms with Gasteiger partial charge in [-0.05, 0) is 24.7 Å². The molecule has 0 bridgehead atoms. The molecule has 1 aromatic rings. The van der Waals surface area contributed by atoms with Crippen molar-refractivity contribution >= 4 is 27.5 Å². The monoisotopic (exact) mass is 331 g/mol. The zero-order chi connectivity index (χ0) is 13.1.